The highest BCUT2D eigenvalue weighted by atomic mass is 32.2. The fourth-order valence-corrected chi connectivity index (χ4v) is 4.79. The summed E-state index contributed by atoms with van der Waals surface area (Å²) in [5.41, 5.74) is 1.31. The molecule has 0 atom stereocenters. The van der Waals surface area contributed by atoms with E-state index in [1.165, 1.54) is 6.42 Å². The highest BCUT2D eigenvalue weighted by Crippen LogP contribution is 2.30. The third-order valence-electron chi connectivity index (χ3n) is 5.86. The average molecular weight is 427 g/mol. The maximum Gasteiger partial charge on any atom is 0.250 e. The summed E-state index contributed by atoms with van der Waals surface area (Å²) in [6, 6.07) is 0. The van der Waals surface area contributed by atoms with Crippen molar-refractivity contribution in [3.05, 3.63) is 11.0 Å². The normalized spacial score (nSPS) is 20.5. The Hall–Kier alpha value is -1.01. The molecule has 168 valence electrons. The van der Waals surface area contributed by atoms with Crippen molar-refractivity contribution in [3.8, 4) is 0 Å². The molecule has 2 amide bonds. The second-order valence-electron chi connectivity index (χ2n) is 8.95. The lowest BCUT2D eigenvalue weighted by Gasteiger charge is -2.28. The van der Waals surface area contributed by atoms with Crippen molar-refractivity contribution in [2.24, 2.45) is 11.3 Å². The minimum Gasteiger partial charge on any atom is -0.396 e. The largest absolute Gasteiger partial charge is 0.396 e. The SMILES string of the molecule is CC/C(=C\SCC1CCN(C=O)CC1)C(=O)N1CCCC(C)(C)CC1.CCCO. The molecule has 0 aromatic heterocycles. The Morgan fingerprint density at radius 2 is 1.79 bits per heavy atom. The van der Waals surface area contributed by atoms with Gasteiger partial charge in [0.05, 0.1) is 0 Å². The molecule has 1 N–H and O–H groups in total. The summed E-state index contributed by atoms with van der Waals surface area (Å²) in [5.74, 6) is 1.95. The van der Waals surface area contributed by atoms with Crippen molar-refractivity contribution < 1.29 is 14.7 Å². The van der Waals surface area contributed by atoms with Gasteiger partial charge in [0.15, 0.2) is 0 Å². The smallest absolute Gasteiger partial charge is 0.250 e. The van der Waals surface area contributed by atoms with Crippen LogP contribution in [0.4, 0.5) is 0 Å². The molecule has 0 radical (unpaired) electrons. The zero-order valence-electron chi connectivity index (χ0n) is 19.0. The van der Waals surface area contributed by atoms with Crippen molar-refractivity contribution in [1.82, 2.24) is 9.80 Å². The van der Waals surface area contributed by atoms with Crippen LogP contribution < -0.4 is 0 Å². The molecule has 0 aromatic rings. The molecule has 29 heavy (non-hydrogen) atoms. The molecule has 2 heterocycles. The van der Waals surface area contributed by atoms with Crippen molar-refractivity contribution in [2.45, 2.75) is 72.6 Å². The number of thioether (sulfide) groups is 1. The third kappa shape index (κ3) is 10.0. The minimum atomic E-state index is 0.239. The quantitative estimate of drug-likeness (QED) is 0.487. The summed E-state index contributed by atoms with van der Waals surface area (Å²) < 4.78 is 0. The summed E-state index contributed by atoms with van der Waals surface area (Å²) in [6.45, 7) is 12.5. The monoisotopic (exact) mass is 426 g/mol. The number of amides is 2. The van der Waals surface area contributed by atoms with Crippen LogP contribution in [0.3, 0.4) is 0 Å². The van der Waals surface area contributed by atoms with Crippen LogP contribution in [0.25, 0.3) is 0 Å². The Bertz CT molecular complexity index is 512. The number of aliphatic hydroxyl groups excluding tert-OH is 1. The molecule has 2 rings (SSSR count). The van der Waals surface area contributed by atoms with Crippen LogP contribution in [-0.2, 0) is 9.59 Å². The van der Waals surface area contributed by atoms with Gasteiger partial charge in [0, 0.05) is 44.1 Å². The number of rotatable bonds is 7. The van der Waals surface area contributed by atoms with Gasteiger partial charge < -0.3 is 14.9 Å². The molecule has 2 saturated heterocycles. The van der Waals surface area contributed by atoms with Gasteiger partial charge in [-0.2, -0.15) is 0 Å². The maximum absolute atomic E-state index is 12.9. The van der Waals surface area contributed by atoms with Gasteiger partial charge in [-0.3, -0.25) is 9.59 Å². The second kappa shape index (κ2) is 14.1. The van der Waals surface area contributed by atoms with E-state index in [0.29, 0.717) is 17.9 Å². The molecule has 0 unspecified atom stereocenters. The summed E-state index contributed by atoms with van der Waals surface area (Å²) in [7, 11) is 0. The van der Waals surface area contributed by atoms with Gasteiger partial charge in [0.2, 0.25) is 12.3 Å². The number of nitrogens with zero attached hydrogens (tertiary/aromatic N) is 2. The number of carbonyl (C=O) groups excluding carboxylic acids is 2. The number of likely N-dealkylation sites (tertiary alicyclic amines) is 2. The fourth-order valence-electron chi connectivity index (χ4n) is 3.62. The van der Waals surface area contributed by atoms with E-state index in [1.54, 1.807) is 11.8 Å². The second-order valence-corrected chi connectivity index (χ2v) is 9.85. The van der Waals surface area contributed by atoms with Gasteiger partial charge >= 0.3 is 0 Å². The van der Waals surface area contributed by atoms with Crippen LogP contribution in [0, 0.1) is 11.3 Å². The number of aliphatic hydroxyl groups is 1. The number of carbonyl (C=O) groups is 2. The molecule has 0 aliphatic carbocycles. The Kier molecular flexibility index (Phi) is 12.6. The lowest BCUT2D eigenvalue weighted by atomic mass is 9.85. The molecule has 6 heteroatoms. The van der Waals surface area contributed by atoms with Gasteiger partial charge in [0.1, 0.15) is 0 Å². The van der Waals surface area contributed by atoms with Crippen molar-refractivity contribution in [3.63, 3.8) is 0 Å². The predicted octanol–water partition coefficient (Wildman–Crippen LogP) is 4.31. The summed E-state index contributed by atoms with van der Waals surface area (Å²) >= 11 is 1.78. The summed E-state index contributed by atoms with van der Waals surface area (Å²) in [5, 5.41) is 9.98. The van der Waals surface area contributed by atoms with Gasteiger partial charge in [0.25, 0.3) is 0 Å². The van der Waals surface area contributed by atoms with Gasteiger partial charge in [-0.1, -0.05) is 27.7 Å². The molecule has 0 saturated carbocycles. The Morgan fingerprint density at radius 1 is 1.14 bits per heavy atom. The first kappa shape index (κ1) is 26.0. The minimum absolute atomic E-state index is 0.239. The molecule has 5 nitrogen and oxygen atoms in total. The summed E-state index contributed by atoms with van der Waals surface area (Å²) in [6.07, 6.45) is 8.20. The Balaban J connectivity index is 0.000000960. The highest BCUT2D eigenvalue weighted by molar-refractivity contribution is 8.02. The fraction of sp³-hybridized carbons (Fsp3) is 0.826. The van der Waals surface area contributed by atoms with E-state index in [1.807, 2.05) is 11.8 Å². The van der Waals surface area contributed by atoms with Crippen LogP contribution in [0.15, 0.2) is 11.0 Å². The molecule has 2 aliphatic heterocycles. The number of piperidine rings is 1. The molecule has 0 bridgehead atoms. The zero-order valence-corrected chi connectivity index (χ0v) is 19.8. The van der Waals surface area contributed by atoms with Crippen LogP contribution in [-0.4, -0.2) is 65.8 Å². The zero-order chi connectivity index (χ0) is 21.7. The lowest BCUT2D eigenvalue weighted by Crippen LogP contribution is -2.33. The lowest BCUT2D eigenvalue weighted by molar-refractivity contribution is -0.127. The Labute approximate surface area is 182 Å². The van der Waals surface area contributed by atoms with Crippen LogP contribution in [0.1, 0.15) is 72.6 Å². The molecule has 0 spiro atoms. The van der Waals surface area contributed by atoms with Crippen molar-refractivity contribution >= 4 is 24.1 Å². The van der Waals surface area contributed by atoms with Gasteiger partial charge in [-0.15, -0.1) is 11.8 Å². The molecule has 0 aromatic carbocycles. The van der Waals surface area contributed by atoms with E-state index < -0.39 is 0 Å². The number of hydrogen-bond donors (Lipinski definition) is 1. The first-order valence-electron chi connectivity index (χ1n) is 11.3. The molecule has 2 fully saturated rings. The van der Waals surface area contributed by atoms with E-state index in [0.717, 1.165) is 82.4 Å². The van der Waals surface area contributed by atoms with Crippen LogP contribution in [0.2, 0.25) is 0 Å². The molecular weight excluding hydrogens is 384 g/mol. The van der Waals surface area contributed by atoms with Crippen LogP contribution >= 0.6 is 11.8 Å². The van der Waals surface area contributed by atoms with Crippen molar-refractivity contribution in [1.29, 1.82) is 0 Å². The van der Waals surface area contributed by atoms with E-state index in [4.69, 9.17) is 5.11 Å². The third-order valence-corrected chi connectivity index (χ3v) is 6.98. The van der Waals surface area contributed by atoms with E-state index in [9.17, 15) is 9.59 Å². The summed E-state index contributed by atoms with van der Waals surface area (Å²) in [4.78, 5) is 27.5. The van der Waals surface area contributed by atoms with E-state index in [2.05, 4.69) is 31.1 Å². The van der Waals surface area contributed by atoms with E-state index in [-0.39, 0.29) is 5.91 Å². The van der Waals surface area contributed by atoms with Gasteiger partial charge in [-0.25, -0.2) is 0 Å². The number of hydrogen-bond acceptors (Lipinski definition) is 4. The standard InChI is InChI=1S/C20H34N2O2S.C3H8O/c1-4-18(15-25-14-17-6-11-21(16-23)12-7-17)19(24)22-10-5-8-20(2,3)9-13-22;1-2-3-4/h15-17H,4-14H2,1-3H3;4H,2-3H2,1H3/b18-15+;. The van der Waals surface area contributed by atoms with E-state index >= 15 is 0 Å². The highest BCUT2D eigenvalue weighted by Gasteiger charge is 2.26. The van der Waals surface area contributed by atoms with Crippen molar-refractivity contribution in [2.75, 3.05) is 38.5 Å². The topological polar surface area (TPSA) is 60.9 Å². The van der Waals surface area contributed by atoms with Gasteiger partial charge in [-0.05, 0) is 61.7 Å². The maximum atomic E-state index is 12.9. The molecular formula is C23H42N2O3S. The average Bonchev–Trinajstić information content (AvgIpc) is 2.92. The first-order valence-corrected chi connectivity index (χ1v) is 12.3. The van der Waals surface area contributed by atoms with Crippen LogP contribution in [0.5, 0.6) is 0 Å². The Morgan fingerprint density at radius 3 is 2.34 bits per heavy atom. The predicted molar refractivity (Wildman–Crippen MR) is 123 cm³/mol. The first-order chi connectivity index (χ1) is 13.9. The molecule has 2 aliphatic rings.